The van der Waals surface area contributed by atoms with E-state index in [2.05, 4.69) is 10.3 Å². The van der Waals surface area contributed by atoms with Gasteiger partial charge in [0, 0.05) is 25.6 Å². The van der Waals surface area contributed by atoms with Crippen LogP contribution in [0.2, 0.25) is 0 Å². The molecule has 0 fully saturated rings. The van der Waals surface area contributed by atoms with Crippen LogP contribution in [0.5, 0.6) is 0 Å². The molecule has 1 N–H and O–H groups in total. The Kier molecular flexibility index (Phi) is 8.84. The lowest BCUT2D eigenvalue weighted by atomic mass is 9.69. The Morgan fingerprint density at radius 1 is 1.07 bits per heavy atom. The average Bonchev–Trinajstić information content (AvgIpc) is 3.38. The van der Waals surface area contributed by atoms with Gasteiger partial charge >= 0.3 is 12.1 Å². The number of carboxylic acid groups (broad SMARTS) is 1. The summed E-state index contributed by atoms with van der Waals surface area (Å²) in [5, 5.41) is 19.0. The highest BCUT2D eigenvalue weighted by molar-refractivity contribution is 7.89. The van der Waals surface area contributed by atoms with Gasteiger partial charge in [0.2, 0.25) is 10.0 Å². The molecule has 0 saturated heterocycles. The van der Waals surface area contributed by atoms with E-state index in [1.807, 2.05) is 58.0 Å². The lowest BCUT2D eigenvalue weighted by Gasteiger charge is -2.33. The molecule has 1 aliphatic heterocycles. The second kappa shape index (κ2) is 12.1. The number of aromatic nitrogens is 3. The Morgan fingerprint density at radius 2 is 1.78 bits per heavy atom. The Morgan fingerprint density at radius 3 is 2.41 bits per heavy atom. The van der Waals surface area contributed by atoms with Gasteiger partial charge in [0.1, 0.15) is 5.52 Å². The molecule has 0 radical (unpaired) electrons. The van der Waals surface area contributed by atoms with E-state index >= 15 is 0 Å². The lowest BCUT2D eigenvalue weighted by molar-refractivity contribution is -0.147. The van der Waals surface area contributed by atoms with Crippen LogP contribution in [-0.2, 0) is 40.5 Å². The van der Waals surface area contributed by atoms with Crippen LogP contribution in [0.25, 0.3) is 11.0 Å². The summed E-state index contributed by atoms with van der Waals surface area (Å²) in [5.74, 6) is -1.74. The van der Waals surface area contributed by atoms with Crippen molar-refractivity contribution in [3.63, 3.8) is 0 Å². The number of hydrogen-bond acceptors (Lipinski definition) is 5. The highest BCUT2D eigenvalue weighted by atomic mass is 32.2. The summed E-state index contributed by atoms with van der Waals surface area (Å²) in [6.07, 6.45) is -3.70. The number of aliphatic carboxylic acids is 1. The largest absolute Gasteiger partial charge is 0.481 e. The van der Waals surface area contributed by atoms with E-state index in [1.54, 1.807) is 18.5 Å². The maximum absolute atomic E-state index is 14.0. The molecule has 8 nitrogen and oxygen atoms in total. The summed E-state index contributed by atoms with van der Waals surface area (Å²) >= 11 is 0. The van der Waals surface area contributed by atoms with Crippen LogP contribution < -0.4 is 0 Å². The number of benzene rings is 3. The van der Waals surface area contributed by atoms with Crippen LogP contribution in [0.3, 0.4) is 0 Å². The molecule has 2 atom stereocenters. The summed E-state index contributed by atoms with van der Waals surface area (Å²) in [6, 6.07) is 12.3. The maximum Gasteiger partial charge on any atom is 0.416 e. The number of carboxylic acids is 1. The van der Waals surface area contributed by atoms with Crippen molar-refractivity contribution < 1.29 is 31.5 Å². The van der Waals surface area contributed by atoms with Crippen molar-refractivity contribution in [1.82, 2.24) is 19.3 Å². The van der Waals surface area contributed by atoms with E-state index in [0.717, 1.165) is 34.3 Å². The maximum atomic E-state index is 14.0. The molecule has 1 aliphatic rings. The summed E-state index contributed by atoms with van der Waals surface area (Å²) in [5.41, 5.74) is 3.28. The first-order valence-corrected chi connectivity index (χ1v) is 16.8. The number of sulfonamides is 1. The summed E-state index contributed by atoms with van der Waals surface area (Å²) in [6.45, 7) is 11.7. The van der Waals surface area contributed by atoms with E-state index < -0.39 is 39.1 Å². The Hall–Kier alpha value is -3.77. The molecule has 0 bridgehead atoms. The molecule has 0 aliphatic carbocycles. The van der Waals surface area contributed by atoms with Gasteiger partial charge in [0.15, 0.2) is 0 Å². The van der Waals surface area contributed by atoms with Crippen LogP contribution in [-0.4, -0.2) is 45.3 Å². The third-order valence-electron chi connectivity index (χ3n) is 9.48. The number of halogens is 3. The molecule has 5 rings (SSSR count). The van der Waals surface area contributed by atoms with Crippen molar-refractivity contribution in [2.75, 3.05) is 6.54 Å². The van der Waals surface area contributed by atoms with Crippen molar-refractivity contribution >= 4 is 27.0 Å². The minimum Gasteiger partial charge on any atom is -0.481 e. The van der Waals surface area contributed by atoms with E-state index in [0.29, 0.717) is 41.6 Å². The first kappa shape index (κ1) is 33.6. The second-order valence-corrected chi connectivity index (χ2v) is 14.7. The molecular weight excluding hydrogens is 617 g/mol. The molecule has 1 unspecified atom stereocenters. The van der Waals surface area contributed by atoms with Crippen molar-refractivity contribution in [2.24, 2.45) is 11.3 Å². The Bertz CT molecular complexity index is 1920. The van der Waals surface area contributed by atoms with Gasteiger partial charge < -0.3 is 5.11 Å². The number of rotatable bonds is 8. The quantitative estimate of drug-likeness (QED) is 0.217. The van der Waals surface area contributed by atoms with Crippen LogP contribution in [0.1, 0.15) is 79.0 Å². The molecule has 1 aromatic heterocycles. The monoisotopic (exact) mass is 656 g/mol. The zero-order valence-corrected chi connectivity index (χ0v) is 27.6. The van der Waals surface area contributed by atoms with Crippen LogP contribution in [0.4, 0.5) is 13.2 Å². The predicted octanol–water partition coefficient (Wildman–Crippen LogP) is 7.10. The fraction of sp³-hybridized carbons (Fsp3) is 0.441. The number of carbonyl (C=O) groups is 1. The third kappa shape index (κ3) is 5.92. The minimum absolute atomic E-state index is 0.0722. The lowest BCUT2D eigenvalue weighted by Crippen LogP contribution is -2.34. The highest BCUT2D eigenvalue weighted by Crippen LogP contribution is 2.44. The van der Waals surface area contributed by atoms with Crippen molar-refractivity contribution in [3.05, 3.63) is 87.5 Å². The van der Waals surface area contributed by atoms with Gasteiger partial charge in [-0.05, 0) is 98.5 Å². The summed E-state index contributed by atoms with van der Waals surface area (Å²) in [7, 11) is -4.30. The van der Waals surface area contributed by atoms with E-state index in [9.17, 15) is 31.5 Å². The average molecular weight is 657 g/mol. The number of aryl methyl sites for hydroxylation is 3. The first-order valence-electron chi connectivity index (χ1n) is 15.4. The van der Waals surface area contributed by atoms with E-state index in [4.69, 9.17) is 0 Å². The Balaban J connectivity index is 1.62. The van der Waals surface area contributed by atoms with Crippen molar-refractivity contribution in [1.29, 1.82) is 0 Å². The van der Waals surface area contributed by atoms with Crippen molar-refractivity contribution in [3.8, 4) is 0 Å². The number of fused-ring (bicyclic) bond motifs is 2. The Labute approximate surface area is 267 Å². The van der Waals surface area contributed by atoms with Gasteiger partial charge in [-0.25, -0.2) is 13.1 Å². The molecule has 0 amide bonds. The molecule has 3 aromatic carbocycles. The topological polar surface area (TPSA) is 105 Å². The predicted molar refractivity (Wildman–Crippen MR) is 169 cm³/mol. The van der Waals surface area contributed by atoms with E-state index in [-0.39, 0.29) is 23.9 Å². The van der Waals surface area contributed by atoms with Gasteiger partial charge in [-0.3, -0.25) is 4.79 Å². The molecule has 2 heterocycles. The van der Waals surface area contributed by atoms with Crippen LogP contribution >= 0.6 is 0 Å². The van der Waals surface area contributed by atoms with E-state index in [1.165, 1.54) is 10.4 Å². The van der Waals surface area contributed by atoms with Gasteiger partial charge in [-0.1, -0.05) is 48.9 Å². The minimum atomic E-state index is -4.69. The molecule has 4 aromatic rings. The number of hydrogen-bond donors (Lipinski definition) is 1. The second-order valence-electron chi connectivity index (χ2n) is 12.8. The van der Waals surface area contributed by atoms with Crippen LogP contribution in [0.15, 0.2) is 53.4 Å². The fourth-order valence-corrected chi connectivity index (χ4v) is 8.29. The number of nitrogens with zero attached hydrogens (tertiary/aromatic N) is 4. The molecule has 0 spiro atoms. The van der Waals surface area contributed by atoms with Crippen molar-refractivity contribution in [2.45, 2.75) is 84.5 Å². The smallest absolute Gasteiger partial charge is 0.416 e. The molecular formula is C34H39F3N4O4S. The summed E-state index contributed by atoms with van der Waals surface area (Å²) < 4.78 is 72.0. The molecule has 46 heavy (non-hydrogen) atoms. The fourth-order valence-electron chi connectivity index (χ4n) is 6.53. The van der Waals surface area contributed by atoms with Gasteiger partial charge in [0.05, 0.1) is 21.4 Å². The highest BCUT2D eigenvalue weighted by Gasteiger charge is 2.41. The zero-order valence-electron chi connectivity index (χ0n) is 26.8. The molecule has 0 saturated carbocycles. The standard InChI is InChI=1S/C34H39F3N4O4S/c1-7-22-15-23-11-12-26(34(35,36)37)17-29(23)46(44,45)40(18-22)19-25-16-24(10-9-20(25)3)30(33(5,6)32(42)43)27-13-14-28-31(21(27)4)38-39-41(28)8-2/h9-14,16-17,22,30H,7-8,15,18-19H2,1-6H3,(H,42,43)/t22-,30?/m0/s1. The SMILES string of the molecule is CC[C@H]1Cc2ccc(C(F)(F)F)cc2S(=O)(=O)N(Cc2cc(C(c3ccc4c(nnn4CC)c3C)C(C)(C)C(=O)O)ccc2C)C1. The third-order valence-corrected chi connectivity index (χ3v) is 11.4. The first-order chi connectivity index (χ1) is 21.5. The van der Waals surface area contributed by atoms with Gasteiger partial charge in [-0.15, -0.1) is 5.10 Å². The zero-order chi connectivity index (χ0) is 33.8. The molecule has 246 valence electrons. The number of alkyl halides is 3. The normalized spacial score (nSPS) is 17.9. The van der Waals surface area contributed by atoms with Gasteiger partial charge in [-0.2, -0.15) is 17.5 Å². The molecule has 12 heteroatoms. The van der Waals surface area contributed by atoms with Gasteiger partial charge in [0.25, 0.3) is 0 Å². The summed E-state index contributed by atoms with van der Waals surface area (Å²) in [4.78, 5) is 12.4. The van der Waals surface area contributed by atoms with Crippen LogP contribution in [0, 0.1) is 25.2 Å².